The van der Waals surface area contributed by atoms with E-state index in [1.54, 1.807) is 6.07 Å². The molecule has 0 aliphatic heterocycles. The van der Waals surface area contributed by atoms with Gasteiger partial charge in [-0.25, -0.2) is 9.18 Å². The van der Waals surface area contributed by atoms with Gasteiger partial charge in [-0.3, -0.25) is 0 Å². The Morgan fingerprint density at radius 2 is 2.12 bits per heavy atom. The molecule has 130 valence electrons. The summed E-state index contributed by atoms with van der Waals surface area (Å²) in [5.74, 6) is -0.339. The normalized spacial score (nSPS) is 11.0. The second-order valence-electron chi connectivity index (χ2n) is 5.62. The number of H-pyrrole nitrogens is 1. The Morgan fingerprint density at radius 3 is 2.88 bits per heavy atom. The maximum absolute atomic E-state index is 13.7. The van der Waals surface area contributed by atoms with Crippen molar-refractivity contribution in [2.24, 2.45) is 0 Å². The van der Waals surface area contributed by atoms with Crippen molar-refractivity contribution in [3.8, 4) is 0 Å². The van der Waals surface area contributed by atoms with E-state index in [2.05, 4.69) is 4.98 Å². The molecule has 25 heavy (non-hydrogen) atoms. The van der Waals surface area contributed by atoms with Crippen LogP contribution in [0.4, 0.5) is 9.18 Å². The number of benzene rings is 2. The topological polar surface area (TPSA) is 56.3 Å². The zero-order valence-corrected chi connectivity index (χ0v) is 15.0. The van der Waals surface area contributed by atoms with Crippen LogP contribution in [0.2, 0.25) is 5.02 Å². The largest absolute Gasteiger partial charge is 0.465 e. The summed E-state index contributed by atoms with van der Waals surface area (Å²) in [5, 5.41) is 10.5. The Hall–Kier alpha value is -2.18. The highest BCUT2D eigenvalue weighted by atomic mass is 35.5. The van der Waals surface area contributed by atoms with Crippen LogP contribution in [0.5, 0.6) is 0 Å². The van der Waals surface area contributed by atoms with Crippen LogP contribution in [0.25, 0.3) is 10.9 Å². The van der Waals surface area contributed by atoms with Gasteiger partial charge in [0.2, 0.25) is 0 Å². The van der Waals surface area contributed by atoms with Crippen molar-refractivity contribution in [2.45, 2.75) is 16.2 Å². The average Bonchev–Trinajstić information content (AvgIpc) is 2.99. The van der Waals surface area contributed by atoms with Crippen LogP contribution in [0.1, 0.15) is 5.56 Å². The molecule has 0 spiro atoms. The molecule has 1 aromatic heterocycles. The molecule has 3 rings (SSSR count). The maximum Gasteiger partial charge on any atom is 0.407 e. The van der Waals surface area contributed by atoms with Crippen LogP contribution in [0, 0.1) is 5.82 Å². The molecule has 2 N–H and O–H groups in total. The zero-order valence-electron chi connectivity index (χ0n) is 13.4. The number of rotatable bonds is 5. The van der Waals surface area contributed by atoms with Crippen molar-refractivity contribution in [1.29, 1.82) is 0 Å². The summed E-state index contributed by atoms with van der Waals surface area (Å²) in [6.45, 7) is 0.293. The lowest BCUT2D eigenvalue weighted by atomic mass is 10.1. The first-order valence-electron chi connectivity index (χ1n) is 7.61. The molecule has 2 aromatic carbocycles. The van der Waals surface area contributed by atoms with Crippen molar-refractivity contribution in [1.82, 2.24) is 9.88 Å². The van der Waals surface area contributed by atoms with Gasteiger partial charge in [0.1, 0.15) is 5.82 Å². The molecule has 0 radical (unpaired) electrons. The van der Waals surface area contributed by atoms with Crippen molar-refractivity contribution in [3.05, 3.63) is 59.0 Å². The molecule has 1 amide bonds. The van der Waals surface area contributed by atoms with Gasteiger partial charge in [0.05, 0.1) is 5.02 Å². The summed E-state index contributed by atoms with van der Waals surface area (Å²) in [7, 11) is 1.49. The molecule has 0 saturated carbocycles. The van der Waals surface area contributed by atoms with Crippen molar-refractivity contribution in [3.63, 3.8) is 0 Å². The second kappa shape index (κ2) is 7.37. The fraction of sp³-hybridized carbons (Fsp3) is 0.167. The third-order valence-corrected chi connectivity index (χ3v) is 5.38. The van der Waals surface area contributed by atoms with Crippen LogP contribution in [0.3, 0.4) is 0 Å². The lowest BCUT2D eigenvalue weighted by Crippen LogP contribution is -2.27. The van der Waals surface area contributed by atoms with E-state index in [1.165, 1.54) is 35.8 Å². The number of aromatic amines is 1. The zero-order chi connectivity index (χ0) is 18.0. The molecule has 1 heterocycles. The van der Waals surface area contributed by atoms with Gasteiger partial charge < -0.3 is 15.0 Å². The Kier molecular flexibility index (Phi) is 5.20. The van der Waals surface area contributed by atoms with Crippen LogP contribution < -0.4 is 0 Å². The summed E-state index contributed by atoms with van der Waals surface area (Å²) in [4.78, 5) is 17.1. The summed E-state index contributed by atoms with van der Waals surface area (Å²) >= 11 is 7.79. The monoisotopic (exact) mass is 378 g/mol. The number of amides is 1. The molecular formula is C18H16ClFN2O2S. The molecule has 0 aliphatic carbocycles. The number of aromatic nitrogens is 1. The summed E-state index contributed by atoms with van der Waals surface area (Å²) < 4.78 is 13.7. The van der Waals surface area contributed by atoms with Crippen LogP contribution in [-0.4, -0.2) is 34.7 Å². The fourth-order valence-corrected chi connectivity index (χ4v) is 3.97. The molecule has 0 aliphatic rings. The maximum atomic E-state index is 13.7. The van der Waals surface area contributed by atoms with E-state index in [0.29, 0.717) is 18.0 Å². The van der Waals surface area contributed by atoms with Crippen molar-refractivity contribution in [2.75, 3.05) is 13.6 Å². The molecule has 3 aromatic rings. The van der Waals surface area contributed by atoms with Gasteiger partial charge in [0.25, 0.3) is 0 Å². The minimum atomic E-state index is -1.01. The third kappa shape index (κ3) is 3.91. The van der Waals surface area contributed by atoms with Gasteiger partial charge in [-0.2, -0.15) is 0 Å². The number of carboxylic acid groups (broad SMARTS) is 1. The minimum Gasteiger partial charge on any atom is -0.465 e. The highest BCUT2D eigenvalue weighted by molar-refractivity contribution is 7.99. The Labute approximate surface area is 153 Å². The van der Waals surface area contributed by atoms with Crippen molar-refractivity contribution >= 4 is 40.4 Å². The second-order valence-corrected chi connectivity index (χ2v) is 7.11. The fourth-order valence-electron chi connectivity index (χ4n) is 2.54. The van der Waals surface area contributed by atoms with Crippen LogP contribution in [0.15, 0.2) is 52.4 Å². The number of carbonyl (C=O) groups is 1. The first kappa shape index (κ1) is 17.6. The summed E-state index contributed by atoms with van der Waals surface area (Å²) in [6, 6.07) is 10.2. The van der Waals surface area contributed by atoms with E-state index < -0.39 is 6.09 Å². The molecule has 7 heteroatoms. The van der Waals surface area contributed by atoms with Gasteiger partial charge in [0, 0.05) is 40.5 Å². The smallest absolute Gasteiger partial charge is 0.407 e. The predicted octanol–water partition coefficient (Wildman–Crippen LogP) is 5.26. The van der Waals surface area contributed by atoms with Gasteiger partial charge in [0.15, 0.2) is 0 Å². The lowest BCUT2D eigenvalue weighted by molar-refractivity contribution is 0.156. The number of hydrogen-bond acceptors (Lipinski definition) is 2. The van der Waals surface area contributed by atoms with Gasteiger partial charge in [-0.05, 0) is 42.3 Å². The molecule has 0 unspecified atom stereocenters. The predicted molar refractivity (Wildman–Crippen MR) is 98.2 cm³/mol. The van der Waals surface area contributed by atoms with Gasteiger partial charge >= 0.3 is 6.09 Å². The number of halogens is 2. The Bertz CT molecular complexity index is 929. The molecule has 0 atom stereocenters. The minimum absolute atomic E-state index is 0.293. The quantitative estimate of drug-likeness (QED) is 0.636. The lowest BCUT2D eigenvalue weighted by Gasteiger charge is -2.14. The van der Waals surface area contributed by atoms with Gasteiger partial charge in [-0.1, -0.05) is 29.4 Å². The number of nitrogens with one attached hydrogen (secondary N) is 1. The van der Waals surface area contributed by atoms with E-state index >= 15 is 0 Å². The average molecular weight is 379 g/mol. The van der Waals surface area contributed by atoms with Crippen LogP contribution >= 0.6 is 23.4 Å². The first-order valence-corrected chi connectivity index (χ1v) is 8.81. The van der Waals surface area contributed by atoms with E-state index in [0.717, 1.165) is 26.3 Å². The Balaban J connectivity index is 1.90. The molecule has 4 nitrogen and oxygen atoms in total. The number of fused-ring (bicyclic) bond motifs is 1. The molecule has 0 fully saturated rings. The van der Waals surface area contributed by atoms with Gasteiger partial charge in [-0.15, -0.1) is 0 Å². The molecule has 0 bridgehead atoms. The van der Waals surface area contributed by atoms with E-state index in [1.807, 2.05) is 24.4 Å². The third-order valence-electron chi connectivity index (χ3n) is 3.90. The number of nitrogens with zero attached hydrogens (tertiary/aromatic N) is 1. The SMILES string of the molecule is CN(CCc1cc(F)ccc1Sc1c[nH]c2cccc(Cl)c12)C(=O)O. The molecule has 0 saturated heterocycles. The van der Waals surface area contributed by atoms with Crippen molar-refractivity contribution < 1.29 is 14.3 Å². The van der Waals surface area contributed by atoms with E-state index in [4.69, 9.17) is 16.7 Å². The standard InChI is InChI=1S/C18H16ClFN2O2S/c1-22(18(23)24)8-7-11-9-12(20)5-6-15(11)25-16-10-21-14-4-2-3-13(19)17(14)16/h2-6,9-10,21H,7-8H2,1H3,(H,23,24). The Morgan fingerprint density at radius 1 is 1.32 bits per heavy atom. The van der Waals surface area contributed by atoms with Crippen LogP contribution in [-0.2, 0) is 6.42 Å². The van der Waals surface area contributed by atoms with E-state index in [9.17, 15) is 9.18 Å². The van der Waals surface area contributed by atoms with E-state index in [-0.39, 0.29) is 5.82 Å². The number of likely N-dealkylation sites (N-methyl/N-ethyl adjacent to an activating group) is 1. The molecular weight excluding hydrogens is 363 g/mol. The summed E-state index contributed by atoms with van der Waals surface area (Å²) in [6.07, 6.45) is 1.30. The highest BCUT2D eigenvalue weighted by Gasteiger charge is 2.13. The highest BCUT2D eigenvalue weighted by Crippen LogP contribution is 2.38. The summed E-state index contributed by atoms with van der Waals surface area (Å²) in [5.41, 5.74) is 1.70. The number of hydrogen-bond donors (Lipinski definition) is 2. The first-order chi connectivity index (χ1) is 12.0.